The topological polar surface area (TPSA) is 32.5 Å². The number of likely N-dealkylation sites (tertiary alicyclic amines) is 2. The van der Waals surface area contributed by atoms with E-state index < -0.39 is 0 Å². The fourth-order valence-corrected chi connectivity index (χ4v) is 4.31. The first kappa shape index (κ1) is 13.8. The molecule has 2 aliphatic heterocycles. The summed E-state index contributed by atoms with van der Waals surface area (Å²) in [6, 6.07) is 0.488. The van der Waals surface area contributed by atoms with Crippen molar-refractivity contribution in [3.63, 3.8) is 0 Å². The summed E-state index contributed by atoms with van der Waals surface area (Å²) in [6.07, 6.45) is 9.68. The number of hydrogen-bond acceptors (Lipinski definition) is 3. The van der Waals surface area contributed by atoms with Crippen LogP contribution in [0.1, 0.15) is 44.9 Å². The molecule has 3 fully saturated rings. The summed E-state index contributed by atoms with van der Waals surface area (Å²) < 4.78 is 0. The molecule has 1 aliphatic carbocycles. The second-order valence-corrected chi connectivity index (χ2v) is 7.11. The fourth-order valence-electron chi connectivity index (χ4n) is 4.31. The number of hydrogen-bond donors (Lipinski definition) is 1. The zero-order valence-electron chi connectivity index (χ0n) is 12.4. The maximum absolute atomic E-state index is 6.20. The molecule has 3 nitrogen and oxygen atoms in total. The largest absolute Gasteiger partial charge is 0.327 e. The number of piperidine rings is 1. The van der Waals surface area contributed by atoms with Crippen molar-refractivity contribution in [2.24, 2.45) is 17.6 Å². The minimum Gasteiger partial charge on any atom is -0.327 e. The third-order valence-corrected chi connectivity index (χ3v) is 5.63. The van der Waals surface area contributed by atoms with Crippen LogP contribution in [-0.4, -0.2) is 55.1 Å². The van der Waals surface area contributed by atoms with Crippen molar-refractivity contribution in [1.82, 2.24) is 9.80 Å². The van der Waals surface area contributed by atoms with Crippen LogP contribution in [0.15, 0.2) is 0 Å². The smallest absolute Gasteiger partial charge is 0.00793 e. The first-order valence-corrected chi connectivity index (χ1v) is 8.51. The summed E-state index contributed by atoms with van der Waals surface area (Å²) in [5.74, 6) is 1.75. The zero-order valence-corrected chi connectivity index (χ0v) is 12.4. The van der Waals surface area contributed by atoms with E-state index in [1.165, 1.54) is 84.2 Å². The van der Waals surface area contributed by atoms with Gasteiger partial charge in [-0.2, -0.15) is 0 Å². The van der Waals surface area contributed by atoms with Gasteiger partial charge in [-0.3, -0.25) is 0 Å². The molecule has 0 aromatic carbocycles. The van der Waals surface area contributed by atoms with Gasteiger partial charge in [-0.05, 0) is 76.5 Å². The lowest BCUT2D eigenvalue weighted by Crippen LogP contribution is -2.42. The van der Waals surface area contributed by atoms with Gasteiger partial charge in [0.25, 0.3) is 0 Å². The summed E-state index contributed by atoms with van der Waals surface area (Å²) in [5.41, 5.74) is 6.20. The Balaban J connectivity index is 1.37. The molecule has 2 unspecified atom stereocenters. The van der Waals surface area contributed by atoms with Crippen molar-refractivity contribution in [1.29, 1.82) is 0 Å². The first-order chi connectivity index (χ1) is 9.31. The van der Waals surface area contributed by atoms with E-state index in [0.29, 0.717) is 6.04 Å². The van der Waals surface area contributed by atoms with Gasteiger partial charge in [0.2, 0.25) is 0 Å². The third-order valence-electron chi connectivity index (χ3n) is 5.63. The van der Waals surface area contributed by atoms with Crippen molar-refractivity contribution in [2.75, 3.05) is 39.3 Å². The molecule has 0 radical (unpaired) electrons. The molecule has 19 heavy (non-hydrogen) atoms. The van der Waals surface area contributed by atoms with Crippen molar-refractivity contribution >= 4 is 0 Å². The molecule has 3 heteroatoms. The molecule has 2 N–H and O–H groups in total. The molecule has 2 heterocycles. The van der Waals surface area contributed by atoms with Crippen LogP contribution in [0.4, 0.5) is 0 Å². The molecule has 2 saturated heterocycles. The highest BCUT2D eigenvalue weighted by atomic mass is 15.2. The van der Waals surface area contributed by atoms with Crippen LogP contribution in [0.5, 0.6) is 0 Å². The van der Waals surface area contributed by atoms with E-state index >= 15 is 0 Å². The van der Waals surface area contributed by atoms with Crippen LogP contribution in [0, 0.1) is 11.8 Å². The Morgan fingerprint density at radius 2 is 1.42 bits per heavy atom. The quantitative estimate of drug-likeness (QED) is 0.843. The van der Waals surface area contributed by atoms with E-state index in [0.717, 1.165) is 11.8 Å². The predicted molar refractivity (Wildman–Crippen MR) is 80.2 cm³/mol. The highest BCUT2D eigenvalue weighted by Gasteiger charge is 2.28. The minimum absolute atomic E-state index is 0.488. The Bertz CT molecular complexity index is 267. The second-order valence-electron chi connectivity index (χ2n) is 7.11. The van der Waals surface area contributed by atoms with Gasteiger partial charge in [0.1, 0.15) is 0 Å². The van der Waals surface area contributed by atoms with Gasteiger partial charge in [0, 0.05) is 19.1 Å². The molecule has 0 spiro atoms. The van der Waals surface area contributed by atoms with Gasteiger partial charge in [-0.1, -0.05) is 6.42 Å². The molecular formula is C16H31N3. The molecule has 0 aromatic heterocycles. The first-order valence-electron chi connectivity index (χ1n) is 8.51. The summed E-state index contributed by atoms with van der Waals surface area (Å²) in [4.78, 5) is 5.38. The van der Waals surface area contributed by atoms with E-state index in [-0.39, 0.29) is 0 Å². The van der Waals surface area contributed by atoms with Gasteiger partial charge in [-0.25, -0.2) is 0 Å². The highest BCUT2D eigenvalue weighted by Crippen LogP contribution is 2.27. The number of nitrogens with zero attached hydrogens (tertiary/aromatic N) is 2. The number of nitrogens with two attached hydrogens (primary N) is 1. The monoisotopic (exact) mass is 265 g/mol. The van der Waals surface area contributed by atoms with Gasteiger partial charge in [0.05, 0.1) is 0 Å². The molecule has 110 valence electrons. The normalized spacial score (nSPS) is 35.2. The summed E-state index contributed by atoms with van der Waals surface area (Å²) in [7, 11) is 0. The van der Waals surface area contributed by atoms with Gasteiger partial charge < -0.3 is 15.5 Å². The van der Waals surface area contributed by atoms with Crippen LogP contribution in [0.25, 0.3) is 0 Å². The van der Waals surface area contributed by atoms with Crippen LogP contribution in [-0.2, 0) is 0 Å². The van der Waals surface area contributed by atoms with Crippen molar-refractivity contribution in [3.05, 3.63) is 0 Å². The maximum atomic E-state index is 6.20. The average Bonchev–Trinajstić information content (AvgIpc) is 3.05. The van der Waals surface area contributed by atoms with Crippen molar-refractivity contribution in [2.45, 2.75) is 51.0 Å². The lowest BCUT2D eigenvalue weighted by atomic mass is 9.94. The Morgan fingerprint density at radius 1 is 0.737 bits per heavy atom. The Labute approximate surface area is 118 Å². The summed E-state index contributed by atoms with van der Waals surface area (Å²) >= 11 is 0. The van der Waals surface area contributed by atoms with Crippen LogP contribution < -0.4 is 5.73 Å². The molecular weight excluding hydrogens is 234 g/mol. The summed E-state index contributed by atoms with van der Waals surface area (Å²) in [6.45, 7) is 8.01. The van der Waals surface area contributed by atoms with Gasteiger partial charge >= 0.3 is 0 Å². The molecule has 1 saturated carbocycles. The van der Waals surface area contributed by atoms with Crippen molar-refractivity contribution in [3.8, 4) is 0 Å². The Hall–Kier alpha value is -0.120. The lowest BCUT2D eigenvalue weighted by molar-refractivity contribution is 0.135. The molecule has 0 aromatic rings. The Kier molecular flexibility index (Phi) is 4.78. The van der Waals surface area contributed by atoms with E-state index in [2.05, 4.69) is 9.80 Å². The van der Waals surface area contributed by atoms with E-state index in [9.17, 15) is 0 Å². The highest BCUT2D eigenvalue weighted by molar-refractivity contribution is 4.84. The molecule has 2 atom stereocenters. The van der Waals surface area contributed by atoms with Gasteiger partial charge in [-0.15, -0.1) is 0 Å². The van der Waals surface area contributed by atoms with Crippen LogP contribution in [0.2, 0.25) is 0 Å². The van der Waals surface area contributed by atoms with Crippen LogP contribution in [0.3, 0.4) is 0 Å². The minimum atomic E-state index is 0.488. The van der Waals surface area contributed by atoms with E-state index in [1.54, 1.807) is 0 Å². The molecule has 0 bridgehead atoms. The molecule has 3 aliphatic rings. The standard InChI is InChI=1S/C16H31N3/c17-16-5-3-4-15(16)13-19-10-6-14(7-11-19)12-18-8-1-2-9-18/h14-16H,1-13,17H2. The molecule has 3 rings (SSSR count). The summed E-state index contributed by atoms with van der Waals surface area (Å²) in [5, 5.41) is 0. The third kappa shape index (κ3) is 3.71. The lowest BCUT2D eigenvalue weighted by Gasteiger charge is -2.35. The predicted octanol–water partition coefficient (Wildman–Crippen LogP) is 1.92. The number of rotatable bonds is 4. The SMILES string of the molecule is NC1CCCC1CN1CCC(CN2CCCC2)CC1. The van der Waals surface area contributed by atoms with Crippen LogP contribution >= 0.6 is 0 Å². The average molecular weight is 265 g/mol. The Morgan fingerprint density at radius 3 is 2.05 bits per heavy atom. The second kappa shape index (κ2) is 6.55. The zero-order chi connectivity index (χ0) is 13.1. The maximum Gasteiger partial charge on any atom is 0.00793 e. The molecule has 0 amide bonds. The fraction of sp³-hybridized carbons (Fsp3) is 1.00. The van der Waals surface area contributed by atoms with Gasteiger partial charge in [0.15, 0.2) is 0 Å². The van der Waals surface area contributed by atoms with E-state index in [1.807, 2.05) is 0 Å². The van der Waals surface area contributed by atoms with Crippen molar-refractivity contribution < 1.29 is 0 Å². The van der Waals surface area contributed by atoms with E-state index in [4.69, 9.17) is 5.73 Å².